The lowest BCUT2D eigenvalue weighted by Crippen LogP contribution is -2.40. The Balaban J connectivity index is 2.29. The Morgan fingerprint density at radius 2 is 2.06 bits per heavy atom. The van der Waals surface area contributed by atoms with Crippen LogP contribution in [0.2, 0.25) is 0 Å². The molecule has 1 aliphatic heterocycles. The smallest absolute Gasteiger partial charge is 0.280 e. The fourth-order valence-electron chi connectivity index (χ4n) is 1.84. The lowest BCUT2D eigenvalue weighted by molar-refractivity contribution is 0.374. The summed E-state index contributed by atoms with van der Waals surface area (Å²) in [5, 5.41) is 3.17. The Bertz CT molecular complexity index is 446. The highest BCUT2D eigenvalue weighted by Crippen LogP contribution is 2.23. The van der Waals surface area contributed by atoms with Crippen molar-refractivity contribution in [1.82, 2.24) is 14.3 Å². The maximum absolute atomic E-state index is 11.8. The van der Waals surface area contributed by atoms with Crippen LogP contribution in [0.5, 0.6) is 0 Å². The third kappa shape index (κ3) is 2.10. The van der Waals surface area contributed by atoms with Gasteiger partial charge in [-0.15, -0.1) is 0 Å². The Morgan fingerprint density at radius 1 is 1.38 bits per heavy atom. The summed E-state index contributed by atoms with van der Waals surface area (Å²) in [7, 11) is -1.95. The maximum Gasteiger partial charge on any atom is 0.280 e. The fourth-order valence-corrected chi connectivity index (χ4v) is 2.88. The quantitative estimate of drug-likeness (QED) is 0.786. The molecule has 0 aliphatic carbocycles. The van der Waals surface area contributed by atoms with E-state index in [1.54, 1.807) is 0 Å². The van der Waals surface area contributed by atoms with Crippen molar-refractivity contribution in [3.8, 4) is 0 Å². The summed E-state index contributed by atoms with van der Waals surface area (Å²) in [6.07, 6.45) is -0.265. The maximum atomic E-state index is 11.8. The number of nitrogens with zero attached hydrogens (tertiary/aromatic N) is 1. The minimum atomic E-state index is -3.37. The highest BCUT2D eigenvalue weighted by atomic mass is 32.2. The first-order valence-electron chi connectivity index (χ1n) is 5.14. The first kappa shape index (κ1) is 11.5. The minimum absolute atomic E-state index is 0.265. The fraction of sp³-hybridized carbons (Fsp3) is 0.400. The van der Waals surface area contributed by atoms with Gasteiger partial charge in [0.25, 0.3) is 10.2 Å². The van der Waals surface area contributed by atoms with Crippen molar-refractivity contribution >= 4 is 10.2 Å². The van der Waals surface area contributed by atoms with Gasteiger partial charge in [0.15, 0.2) is 0 Å². The first-order chi connectivity index (χ1) is 7.65. The zero-order chi connectivity index (χ0) is 11.6. The molecule has 1 atom stereocenters. The molecule has 1 heterocycles. The molecule has 16 heavy (non-hydrogen) atoms. The van der Waals surface area contributed by atoms with E-state index in [0.29, 0.717) is 13.1 Å². The van der Waals surface area contributed by atoms with Gasteiger partial charge in [0.05, 0.1) is 0 Å². The highest BCUT2D eigenvalue weighted by Gasteiger charge is 2.33. The molecule has 0 bridgehead atoms. The summed E-state index contributed by atoms with van der Waals surface area (Å²) >= 11 is 0. The number of nitrogens with one attached hydrogen (secondary N) is 2. The molecule has 1 aliphatic rings. The molecule has 0 spiro atoms. The second-order valence-electron chi connectivity index (χ2n) is 3.59. The van der Waals surface area contributed by atoms with Gasteiger partial charge in [-0.05, 0) is 5.56 Å². The number of hydrogen-bond donors (Lipinski definition) is 2. The molecular formula is C10H15N3O2S. The number of rotatable bonds is 3. The van der Waals surface area contributed by atoms with Crippen molar-refractivity contribution in [2.24, 2.45) is 0 Å². The zero-order valence-electron chi connectivity index (χ0n) is 9.05. The molecule has 1 saturated heterocycles. The standard InChI is InChI=1S/C10H15N3O2S/c1-11-16(14,15)13-8-7-12-10(13)9-5-3-2-4-6-9/h2-6,10-12H,7-8H2,1H3. The average molecular weight is 241 g/mol. The van der Waals surface area contributed by atoms with Crippen LogP contribution in [0.15, 0.2) is 30.3 Å². The van der Waals surface area contributed by atoms with E-state index < -0.39 is 10.2 Å². The normalized spacial score (nSPS) is 22.4. The molecular weight excluding hydrogens is 226 g/mol. The van der Waals surface area contributed by atoms with Crippen molar-refractivity contribution < 1.29 is 8.42 Å². The predicted molar refractivity (Wildman–Crippen MR) is 61.9 cm³/mol. The molecule has 88 valence electrons. The van der Waals surface area contributed by atoms with Crippen molar-refractivity contribution in [3.63, 3.8) is 0 Å². The van der Waals surface area contributed by atoms with Gasteiger partial charge >= 0.3 is 0 Å². The predicted octanol–water partition coefficient (Wildman–Crippen LogP) is 0.0546. The summed E-state index contributed by atoms with van der Waals surface area (Å²) in [5.74, 6) is 0. The molecule has 2 N–H and O–H groups in total. The van der Waals surface area contributed by atoms with Gasteiger partial charge in [0.2, 0.25) is 0 Å². The first-order valence-corrected chi connectivity index (χ1v) is 6.58. The van der Waals surface area contributed by atoms with Crippen molar-refractivity contribution in [3.05, 3.63) is 35.9 Å². The van der Waals surface area contributed by atoms with Gasteiger partial charge in [0.1, 0.15) is 6.17 Å². The average Bonchev–Trinajstić information content (AvgIpc) is 2.80. The second kappa shape index (κ2) is 4.50. The summed E-state index contributed by atoms with van der Waals surface area (Å²) in [4.78, 5) is 0. The minimum Gasteiger partial charge on any atom is -0.296 e. The van der Waals surface area contributed by atoms with Crippen LogP contribution in [-0.4, -0.2) is 32.9 Å². The van der Waals surface area contributed by atoms with Crippen molar-refractivity contribution in [2.75, 3.05) is 20.1 Å². The summed E-state index contributed by atoms with van der Waals surface area (Å²) in [6, 6.07) is 9.55. The molecule has 1 unspecified atom stereocenters. The van der Waals surface area contributed by atoms with E-state index in [9.17, 15) is 8.42 Å². The van der Waals surface area contributed by atoms with Crippen LogP contribution in [0.25, 0.3) is 0 Å². The molecule has 0 aromatic heterocycles. The van der Waals surface area contributed by atoms with E-state index in [0.717, 1.165) is 5.56 Å². The summed E-state index contributed by atoms with van der Waals surface area (Å²) in [6.45, 7) is 1.16. The van der Waals surface area contributed by atoms with Crippen LogP contribution in [0.4, 0.5) is 0 Å². The topological polar surface area (TPSA) is 61.4 Å². The summed E-state index contributed by atoms with van der Waals surface area (Å²) in [5.41, 5.74) is 0.957. The van der Waals surface area contributed by atoms with Crippen LogP contribution in [0, 0.1) is 0 Å². The van der Waals surface area contributed by atoms with Gasteiger partial charge in [-0.1, -0.05) is 30.3 Å². The van der Waals surface area contributed by atoms with Crippen molar-refractivity contribution in [1.29, 1.82) is 0 Å². The molecule has 0 amide bonds. The van der Waals surface area contributed by atoms with Gasteiger partial charge < -0.3 is 0 Å². The molecule has 1 fully saturated rings. The van der Waals surface area contributed by atoms with E-state index in [-0.39, 0.29) is 6.17 Å². The van der Waals surface area contributed by atoms with E-state index in [1.165, 1.54) is 11.4 Å². The Hall–Kier alpha value is -0.950. The van der Waals surface area contributed by atoms with Crippen LogP contribution in [0.1, 0.15) is 11.7 Å². The van der Waals surface area contributed by atoms with Gasteiger partial charge in [-0.2, -0.15) is 12.7 Å². The molecule has 1 aromatic rings. The molecule has 5 nitrogen and oxygen atoms in total. The lowest BCUT2D eigenvalue weighted by Gasteiger charge is -2.23. The Kier molecular flexibility index (Phi) is 3.25. The molecule has 0 saturated carbocycles. The van der Waals surface area contributed by atoms with E-state index in [4.69, 9.17) is 0 Å². The summed E-state index contributed by atoms with van der Waals surface area (Å²) < 4.78 is 27.3. The number of benzene rings is 1. The highest BCUT2D eigenvalue weighted by molar-refractivity contribution is 7.87. The van der Waals surface area contributed by atoms with Crippen LogP contribution >= 0.6 is 0 Å². The van der Waals surface area contributed by atoms with Crippen LogP contribution in [0.3, 0.4) is 0 Å². The van der Waals surface area contributed by atoms with Gasteiger partial charge in [0, 0.05) is 20.1 Å². The SMILES string of the molecule is CNS(=O)(=O)N1CCNC1c1ccccc1. The lowest BCUT2D eigenvalue weighted by atomic mass is 10.2. The van der Waals surface area contributed by atoms with Gasteiger partial charge in [-0.3, -0.25) is 5.32 Å². The molecule has 1 aromatic carbocycles. The van der Waals surface area contributed by atoms with Crippen LogP contribution in [-0.2, 0) is 10.2 Å². The third-order valence-electron chi connectivity index (χ3n) is 2.64. The molecule has 6 heteroatoms. The largest absolute Gasteiger partial charge is 0.296 e. The molecule has 2 rings (SSSR count). The molecule has 0 radical (unpaired) electrons. The van der Waals surface area contributed by atoms with E-state index in [1.807, 2.05) is 30.3 Å². The van der Waals surface area contributed by atoms with E-state index >= 15 is 0 Å². The Morgan fingerprint density at radius 3 is 2.69 bits per heavy atom. The third-order valence-corrected chi connectivity index (χ3v) is 4.17. The number of hydrogen-bond acceptors (Lipinski definition) is 3. The van der Waals surface area contributed by atoms with Crippen LogP contribution < -0.4 is 10.0 Å². The zero-order valence-corrected chi connectivity index (χ0v) is 9.87. The van der Waals surface area contributed by atoms with Crippen molar-refractivity contribution in [2.45, 2.75) is 6.17 Å². The van der Waals surface area contributed by atoms with E-state index in [2.05, 4.69) is 10.0 Å². The monoisotopic (exact) mass is 241 g/mol. The van der Waals surface area contributed by atoms with Gasteiger partial charge in [-0.25, -0.2) is 4.72 Å². The Labute approximate surface area is 95.6 Å². The second-order valence-corrected chi connectivity index (χ2v) is 5.41.